The van der Waals surface area contributed by atoms with E-state index >= 15 is 0 Å². The van der Waals surface area contributed by atoms with Crippen LogP contribution in [-0.2, 0) is 13.0 Å². The Morgan fingerprint density at radius 1 is 1.50 bits per heavy atom. The van der Waals surface area contributed by atoms with E-state index in [0.717, 1.165) is 0 Å². The Labute approximate surface area is 60.9 Å². The first-order chi connectivity index (χ1) is 4.88. The summed E-state index contributed by atoms with van der Waals surface area (Å²) in [4.78, 5) is 4.26. The fourth-order valence-electron chi connectivity index (χ4n) is 1.60. The lowest BCUT2D eigenvalue weighted by molar-refractivity contribution is 0.530. The molecule has 1 aromatic rings. The van der Waals surface area contributed by atoms with E-state index in [0.29, 0.717) is 0 Å². The molecule has 0 N–H and O–H groups in total. The van der Waals surface area contributed by atoms with Gasteiger partial charge in [-0.3, -0.25) is 0 Å². The molecule has 0 aromatic carbocycles. The lowest BCUT2D eigenvalue weighted by Gasteiger charge is -2.13. The molecule has 0 radical (unpaired) electrons. The molecule has 1 aliphatic rings. The molecule has 0 fully saturated rings. The van der Waals surface area contributed by atoms with Crippen LogP contribution in [0.2, 0.25) is 0 Å². The van der Waals surface area contributed by atoms with Gasteiger partial charge in [-0.2, -0.15) is 0 Å². The van der Waals surface area contributed by atoms with Gasteiger partial charge in [0.2, 0.25) is 0 Å². The summed E-state index contributed by atoms with van der Waals surface area (Å²) >= 11 is 0. The van der Waals surface area contributed by atoms with E-state index in [1.54, 1.807) is 0 Å². The number of hydrogen-bond acceptors (Lipinski definition) is 1. The summed E-state index contributed by atoms with van der Waals surface area (Å²) in [6.07, 6.45) is 5.85. The molecule has 54 valence electrons. The van der Waals surface area contributed by atoms with Gasteiger partial charge in [0.25, 0.3) is 0 Å². The van der Waals surface area contributed by atoms with Crippen LogP contribution in [0.3, 0.4) is 0 Å². The van der Waals surface area contributed by atoms with Gasteiger partial charge in [0.05, 0.1) is 12.0 Å². The third-order valence-electron chi connectivity index (χ3n) is 2.22. The van der Waals surface area contributed by atoms with Crippen molar-refractivity contribution in [3.63, 3.8) is 0 Å². The molecule has 0 saturated heterocycles. The highest BCUT2D eigenvalue weighted by molar-refractivity contribution is 5.12. The van der Waals surface area contributed by atoms with Gasteiger partial charge in [-0.15, -0.1) is 0 Å². The van der Waals surface area contributed by atoms with E-state index < -0.39 is 0 Å². The first-order valence-electron chi connectivity index (χ1n) is 3.88. The number of hydrogen-bond donors (Lipinski definition) is 0. The maximum absolute atomic E-state index is 4.26. The van der Waals surface area contributed by atoms with Crippen molar-refractivity contribution in [2.75, 3.05) is 0 Å². The average molecular weight is 136 g/mol. The molecule has 2 heterocycles. The van der Waals surface area contributed by atoms with Crippen LogP contribution in [0.4, 0.5) is 0 Å². The molecule has 1 aliphatic heterocycles. The number of imidazole rings is 1. The van der Waals surface area contributed by atoms with Crippen LogP contribution in [0, 0.1) is 6.92 Å². The van der Waals surface area contributed by atoms with Crippen molar-refractivity contribution in [2.24, 2.45) is 0 Å². The summed E-state index contributed by atoms with van der Waals surface area (Å²) in [6.45, 7) is 3.27. The van der Waals surface area contributed by atoms with Crippen molar-refractivity contribution in [1.29, 1.82) is 0 Å². The molecule has 1 aromatic heterocycles. The highest BCUT2D eigenvalue weighted by Crippen LogP contribution is 2.16. The molecule has 2 nitrogen and oxygen atoms in total. The predicted molar refractivity (Wildman–Crippen MR) is 39.9 cm³/mol. The van der Waals surface area contributed by atoms with Gasteiger partial charge < -0.3 is 4.57 Å². The number of aromatic nitrogens is 2. The Hall–Kier alpha value is -0.790. The molecule has 2 rings (SSSR count). The van der Waals surface area contributed by atoms with E-state index in [-0.39, 0.29) is 0 Å². The van der Waals surface area contributed by atoms with Gasteiger partial charge >= 0.3 is 0 Å². The second-order valence-corrected chi connectivity index (χ2v) is 2.93. The zero-order chi connectivity index (χ0) is 6.97. The molecular formula is C8H12N2. The van der Waals surface area contributed by atoms with Crippen molar-refractivity contribution in [3.05, 3.63) is 17.7 Å². The molecule has 0 amide bonds. The average Bonchev–Trinajstić information content (AvgIpc) is 2.34. The van der Waals surface area contributed by atoms with Gasteiger partial charge in [0.15, 0.2) is 0 Å². The normalized spacial score (nSPS) is 16.9. The second kappa shape index (κ2) is 2.11. The van der Waals surface area contributed by atoms with E-state index in [4.69, 9.17) is 0 Å². The van der Waals surface area contributed by atoms with Crippen molar-refractivity contribution in [1.82, 2.24) is 9.55 Å². The summed E-state index contributed by atoms with van der Waals surface area (Å²) in [5.74, 6) is 0. The van der Waals surface area contributed by atoms with Crippen molar-refractivity contribution in [2.45, 2.75) is 32.7 Å². The summed E-state index contributed by atoms with van der Waals surface area (Å²) in [6, 6.07) is 0. The molecule has 0 aliphatic carbocycles. The number of fused-ring (bicyclic) bond motifs is 1. The lowest BCUT2D eigenvalue weighted by atomic mass is 10.1. The monoisotopic (exact) mass is 136 g/mol. The first-order valence-corrected chi connectivity index (χ1v) is 3.88. The van der Waals surface area contributed by atoms with Gasteiger partial charge in [0.1, 0.15) is 0 Å². The van der Waals surface area contributed by atoms with E-state index in [2.05, 4.69) is 16.5 Å². The molecule has 0 spiro atoms. The van der Waals surface area contributed by atoms with Crippen molar-refractivity contribution in [3.8, 4) is 0 Å². The molecule has 0 atom stereocenters. The summed E-state index contributed by atoms with van der Waals surface area (Å²) in [5.41, 5.74) is 2.67. The second-order valence-electron chi connectivity index (χ2n) is 2.93. The van der Waals surface area contributed by atoms with Crippen LogP contribution in [0.1, 0.15) is 24.2 Å². The summed E-state index contributed by atoms with van der Waals surface area (Å²) in [7, 11) is 0. The first kappa shape index (κ1) is 5.96. The van der Waals surface area contributed by atoms with Crippen LogP contribution < -0.4 is 0 Å². The third kappa shape index (κ3) is 0.753. The highest BCUT2D eigenvalue weighted by Gasteiger charge is 2.10. The SMILES string of the molecule is Cc1ncn2c1CCCC2. The number of nitrogens with zero attached hydrogens (tertiary/aromatic N) is 2. The standard InChI is InChI=1S/C8H12N2/c1-7-8-4-2-3-5-10(8)6-9-7/h6H,2-5H2,1H3. The van der Waals surface area contributed by atoms with Crippen LogP contribution in [0.15, 0.2) is 6.33 Å². The largest absolute Gasteiger partial charge is 0.334 e. The third-order valence-corrected chi connectivity index (χ3v) is 2.22. The maximum atomic E-state index is 4.26. The minimum absolute atomic E-state index is 1.18. The Balaban J connectivity index is 2.45. The quantitative estimate of drug-likeness (QED) is 0.529. The molecule has 2 heteroatoms. The van der Waals surface area contributed by atoms with Crippen LogP contribution >= 0.6 is 0 Å². The van der Waals surface area contributed by atoms with Crippen LogP contribution in [0.25, 0.3) is 0 Å². The fourth-order valence-corrected chi connectivity index (χ4v) is 1.60. The minimum atomic E-state index is 1.18. The summed E-state index contributed by atoms with van der Waals surface area (Å²) in [5, 5.41) is 0. The van der Waals surface area contributed by atoms with Crippen molar-refractivity contribution < 1.29 is 0 Å². The smallest absolute Gasteiger partial charge is 0.0951 e. The minimum Gasteiger partial charge on any atom is -0.334 e. The Kier molecular flexibility index (Phi) is 1.26. The van der Waals surface area contributed by atoms with Gasteiger partial charge in [0, 0.05) is 12.2 Å². The highest BCUT2D eigenvalue weighted by atomic mass is 15.1. The maximum Gasteiger partial charge on any atom is 0.0951 e. The Morgan fingerprint density at radius 2 is 2.40 bits per heavy atom. The number of aryl methyl sites for hydroxylation is 2. The lowest BCUT2D eigenvalue weighted by Crippen LogP contribution is -2.08. The van der Waals surface area contributed by atoms with E-state index in [9.17, 15) is 0 Å². The van der Waals surface area contributed by atoms with Gasteiger partial charge in [-0.25, -0.2) is 4.98 Å². The Morgan fingerprint density at radius 3 is 3.20 bits per heavy atom. The van der Waals surface area contributed by atoms with Crippen molar-refractivity contribution >= 4 is 0 Å². The van der Waals surface area contributed by atoms with E-state index in [1.165, 1.54) is 37.2 Å². The Bertz CT molecular complexity index is 237. The zero-order valence-corrected chi connectivity index (χ0v) is 6.30. The van der Waals surface area contributed by atoms with Crippen LogP contribution in [0.5, 0.6) is 0 Å². The molecule has 0 bridgehead atoms. The van der Waals surface area contributed by atoms with Gasteiger partial charge in [-0.1, -0.05) is 0 Å². The molecule has 0 saturated carbocycles. The summed E-state index contributed by atoms with van der Waals surface area (Å²) < 4.78 is 2.28. The number of rotatable bonds is 0. The van der Waals surface area contributed by atoms with E-state index in [1.807, 2.05) is 6.33 Å². The van der Waals surface area contributed by atoms with Crippen LogP contribution in [-0.4, -0.2) is 9.55 Å². The predicted octanol–water partition coefficient (Wildman–Crippen LogP) is 1.53. The fraction of sp³-hybridized carbons (Fsp3) is 0.625. The molecule has 10 heavy (non-hydrogen) atoms. The molecular weight excluding hydrogens is 124 g/mol. The van der Waals surface area contributed by atoms with Gasteiger partial charge in [-0.05, 0) is 26.2 Å². The zero-order valence-electron chi connectivity index (χ0n) is 6.30. The molecule has 0 unspecified atom stereocenters. The topological polar surface area (TPSA) is 17.8 Å².